The van der Waals surface area contributed by atoms with E-state index in [4.69, 9.17) is 9.90 Å². The summed E-state index contributed by atoms with van der Waals surface area (Å²) in [4.78, 5) is 26.4. The van der Waals surface area contributed by atoms with Gasteiger partial charge in [-0.15, -0.1) is 0 Å². The largest absolute Gasteiger partial charge is 0.490 e. The molecule has 4 rings (SSSR count). The van der Waals surface area contributed by atoms with Crippen molar-refractivity contribution in [3.05, 3.63) is 35.4 Å². The molecule has 0 spiro atoms. The van der Waals surface area contributed by atoms with Crippen LogP contribution in [-0.2, 0) is 10.2 Å². The fourth-order valence-corrected chi connectivity index (χ4v) is 4.83. The van der Waals surface area contributed by atoms with E-state index in [2.05, 4.69) is 11.8 Å². The number of rotatable bonds is 4. The van der Waals surface area contributed by atoms with Gasteiger partial charge in [-0.05, 0) is 68.7 Å². The maximum Gasteiger partial charge on any atom is 0.490 e. The first-order valence-corrected chi connectivity index (χ1v) is 11.6. The molecule has 1 aromatic carbocycles. The van der Waals surface area contributed by atoms with Crippen LogP contribution in [0.15, 0.2) is 24.3 Å². The van der Waals surface area contributed by atoms with Crippen LogP contribution < -0.4 is 0 Å². The van der Waals surface area contributed by atoms with Crippen LogP contribution in [0.1, 0.15) is 61.4 Å². The van der Waals surface area contributed by atoms with Crippen molar-refractivity contribution in [3.8, 4) is 0 Å². The first kappa shape index (κ1) is 25.5. The monoisotopic (exact) mass is 470 g/mol. The zero-order chi connectivity index (χ0) is 24.2. The summed E-state index contributed by atoms with van der Waals surface area (Å²) in [7, 11) is 0. The van der Waals surface area contributed by atoms with Gasteiger partial charge in [-0.1, -0.05) is 19.1 Å². The molecular formula is C24H33F3N2O4. The van der Waals surface area contributed by atoms with E-state index in [1.165, 1.54) is 31.5 Å². The SMILES string of the molecule is CC1CCCN(C2CCN(C(=O)c3ccc(C4(CO)CC4)cc3)CC2)C1.O=C(O)C(F)(F)F. The molecule has 2 heterocycles. The number of aliphatic hydroxyl groups excluding tert-OH is 1. The third kappa shape index (κ3) is 6.47. The Morgan fingerprint density at radius 2 is 1.64 bits per heavy atom. The van der Waals surface area contributed by atoms with Gasteiger partial charge in [-0.25, -0.2) is 4.79 Å². The molecule has 1 atom stereocenters. The number of carboxylic acids is 1. The highest BCUT2D eigenvalue weighted by Crippen LogP contribution is 2.47. The Morgan fingerprint density at radius 1 is 1.06 bits per heavy atom. The minimum atomic E-state index is -5.08. The van der Waals surface area contributed by atoms with Gasteiger partial charge in [0.15, 0.2) is 0 Å². The highest BCUT2D eigenvalue weighted by Gasteiger charge is 2.43. The van der Waals surface area contributed by atoms with Gasteiger partial charge in [-0.2, -0.15) is 13.2 Å². The number of aliphatic carboxylic acids is 1. The van der Waals surface area contributed by atoms with E-state index in [1.807, 2.05) is 29.2 Å². The summed E-state index contributed by atoms with van der Waals surface area (Å²) in [5.41, 5.74) is 1.94. The molecule has 2 aliphatic heterocycles. The summed E-state index contributed by atoms with van der Waals surface area (Å²) < 4.78 is 31.7. The molecule has 0 radical (unpaired) electrons. The molecule has 2 saturated heterocycles. The normalized spacial score (nSPS) is 23.4. The number of carboxylic acid groups (broad SMARTS) is 1. The molecule has 9 heteroatoms. The van der Waals surface area contributed by atoms with Crippen molar-refractivity contribution in [2.45, 2.75) is 63.1 Å². The molecule has 0 bridgehead atoms. The number of piperidine rings is 2. The van der Waals surface area contributed by atoms with E-state index in [-0.39, 0.29) is 17.9 Å². The summed E-state index contributed by atoms with van der Waals surface area (Å²) in [5.74, 6) is -1.78. The fraction of sp³-hybridized carbons (Fsp3) is 0.667. The number of alkyl halides is 3. The number of benzene rings is 1. The molecule has 6 nitrogen and oxygen atoms in total. The number of likely N-dealkylation sites (tertiary alicyclic amines) is 2. The molecule has 3 aliphatic rings. The number of carbonyl (C=O) groups is 2. The number of hydrogen-bond acceptors (Lipinski definition) is 4. The Morgan fingerprint density at radius 3 is 2.09 bits per heavy atom. The number of hydrogen-bond donors (Lipinski definition) is 2. The van der Waals surface area contributed by atoms with Gasteiger partial charge in [-0.3, -0.25) is 9.69 Å². The summed E-state index contributed by atoms with van der Waals surface area (Å²) in [6.45, 7) is 6.77. The predicted octanol–water partition coefficient (Wildman–Crippen LogP) is 3.68. The Labute approximate surface area is 192 Å². The highest BCUT2D eigenvalue weighted by molar-refractivity contribution is 5.94. The highest BCUT2D eigenvalue weighted by atomic mass is 19.4. The van der Waals surface area contributed by atoms with E-state index in [0.29, 0.717) is 6.04 Å². The van der Waals surface area contributed by atoms with Crippen molar-refractivity contribution >= 4 is 11.9 Å². The predicted molar refractivity (Wildman–Crippen MR) is 117 cm³/mol. The Kier molecular flexibility index (Phi) is 8.05. The molecule has 1 aliphatic carbocycles. The molecule has 0 aromatic heterocycles. The van der Waals surface area contributed by atoms with Crippen LogP contribution >= 0.6 is 0 Å². The van der Waals surface area contributed by atoms with Crippen LogP contribution in [0, 0.1) is 5.92 Å². The van der Waals surface area contributed by atoms with Gasteiger partial charge in [0.05, 0.1) is 6.61 Å². The minimum Gasteiger partial charge on any atom is -0.475 e. The third-order valence-electron chi connectivity index (χ3n) is 7.10. The average Bonchev–Trinajstić information content (AvgIpc) is 3.60. The first-order valence-electron chi connectivity index (χ1n) is 11.6. The fourth-order valence-electron chi connectivity index (χ4n) is 4.83. The number of aliphatic hydroxyl groups is 1. The van der Waals surface area contributed by atoms with Gasteiger partial charge in [0.2, 0.25) is 0 Å². The zero-order valence-corrected chi connectivity index (χ0v) is 19.0. The molecule has 1 unspecified atom stereocenters. The number of carbonyl (C=O) groups excluding carboxylic acids is 1. The Hall–Kier alpha value is -2.13. The smallest absolute Gasteiger partial charge is 0.475 e. The van der Waals surface area contributed by atoms with E-state index in [9.17, 15) is 23.1 Å². The zero-order valence-electron chi connectivity index (χ0n) is 19.0. The molecule has 2 N–H and O–H groups in total. The van der Waals surface area contributed by atoms with Gasteiger partial charge in [0.1, 0.15) is 0 Å². The van der Waals surface area contributed by atoms with Gasteiger partial charge in [0, 0.05) is 36.7 Å². The average molecular weight is 471 g/mol. The van der Waals surface area contributed by atoms with Crippen molar-refractivity contribution in [2.75, 3.05) is 32.8 Å². The van der Waals surface area contributed by atoms with Crippen molar-refractivity contribution in [2.24, 2.45) is 5.92 Å². The summed E-state index contributed by atoms with van der Waals surface area (Å²) >= 11 is 0. The van der Waals surface area contributed by atoms with E-state index in [0.717, 1.165) is 50.3 Å². The van der Waals surface area contributed by atoms with Crippen LogP contribution in [-0.4, -0.2) is 76.9 Å². The molecule has 184 valence electrons. The van der Waals surface area contributed by atoms with Crippen molar-refractivity contribution in [3.63, 3.8) is 0 Å². The second-order valence-electron chi connectivity index (χ2n) is 9.58. The van der Waals surface area contributed by atoms with Gasteiger partial charge in [0.25, 0.3) is 5.91 Å². The van der Waals surface area contributed by atoms with Crippen LogP contribution in [0.3, 0.4) is 0 Å². The van der Waals surface area contributed by atoms with Crippen LogP contribution in [0.25, 0.3) is 0 Å². The second-order valence-corrected chi connectivity index (χ2v) is 9.58. The third-order valence-corrected chi connectivity index (χ3v) is 7.10. The number of amides is 1. The maximum absolute atomic E-state index is 12.8. The molecule has 1 aromatic rings. The van der Waals surface area contributed by atoms with Gasteiger partial charge < -0.3 is 15.1 Å². The summed E-state index contributed by atoms with van der Waals surface area (Å²) in [5, 5.41) is 16.7. The molecule has 3 fully saturated rings. The minimum absolute atomic E-state index is 0.0223. The summed E-state index contributed by atoms with van der Waals surface area (Å²) in [6, 6.07) is 8.64. The topological polar surface area (TPSA) is 81.1 Å². The lowest BCUT2D eigenvalue weighted by atomic mass is 9.94. The quantitative estimate of drug-likeness (QED) is 0.702. The maximum atomic E-state index is 12.8. The Bertz CT molecular complexity index is 816. The van der Waals surface area contributed by atoms with E-state index in [1.54, 1.807) is 0 Å². The van der Waals surface area contributed by atoms with E-state index < -0.39 is 12.1 Å². The molecule has 1 saturated carbocycles. The van der Waals surface area contributed by atoms with Gasteiger partial charge >= 0.3 is 12.1 Å². The molecule has 1 amide bonds. The standard InChI is InChI=1S/C22H32N2O2.C2HF3O2/c1-17-3-2-12-24(15-17)20-8-13-23(14-9-20)21(26)18-4-6-19(7-5-18)22(16-25)10-11-22;3-2(4,5)1(6)7/h4-7,17,20,25H,2-3,8-16H2,1H3;(H,6,7). The number of nitrogens with zero attached hydrogens (tertiary/aromatic N) is 2. The lowest BCUT2D eigenvalue weighted by Crippen LogP contribution is -2.49. The second kappa shape index (κ2) is 10.4. The molecule has 33 heavy (non-hydrogen) atoms. The molecular weight excluding hydrogens is 437 g/mol. The number of halogens is 3. The van der Waals surface area contributed by atoms with Crippen LogP contribution in [0.4, 0.5) is 13.2 Å². The van der Waals surface area contributed by atoms with Crippen LogP contribution in [0.5, 0.6) is 0 Å². The van der Waals surface area contributed by atoms with Crippen molar-refractivity contribution < 1.29 is 33.0 Å². The summed E-state index contributed by atoms with van der Waals surface area (Å²) in [6.07, 6.45) is 1.91. The lowest BCUT2D eigenvalue weighted by molar-refractivity contribution is -0.192. The first-order chi connectivity index (χ1) is 15.6. The van der Waals surface area contributed by atoms with Crippen molar-refractivity contribution in [1.29, 1.82) is 0 Å². The lowest BCUT2D eigenvalue weighted by Gasteiger charge is -2.41. The Balaban J connectivity index is 0.000000383. The van der Waals surface area contributed by atoms with Crippen molar-refractivity contribution in [1.82, 2.24) is 9.80 Å². The van der Waals surface area contributed by atoms with E-state index >= 15 is 0 Å². The van der Waals surface area contributed by atoms with Crippen LogP contribution in [0.2, 0.25) is 0 Å².